The molecule has 0 aliphatic heterocycles. The van der Waals surface area contributed by atoms with E-state index in [0.29, 0.717) is 0 Å². The molecule has 1 fully saturated rings. The minimum absolute atomic E-state index is 0.819. The number of rotatable bonds is 3. The number of halogens is 6. The average molecular weight is 396 g/mol. The van der Waals surface area contributed by atoms with Crippen LogP contribution in [0.3, 0.4) is 0 Å². The smallest absolute Gasteiger partial charge is 0.457 e. The van der Waals surface area contributed by atoms with Crippen LogP contribution in [0.1, 0.15) is 13.3 Å². The predicted octanol–water partition coefficient (Wildman–Crippen LogP) is -0.862. The van der Waals surface area contributed by atoms with Gasteiger partial charge in [-0.2, -0.15) is 26.3 Å². The molecular formula is C12H14F6N2O6. The van der Waals surface area contributed by atoms with E-state index in [9.17, 15) is 50.9 Å². The average Bonchev–Trinajstić information content (AvgIpc) is 2.46. The molecule has 0 aromatic carbocycles. The number of nitrogens with one attached hydrogen (secondary N) is 2. The number of esters is 1. The summed E-state index contributed by atoms with van der Waals surface area (Å²) < 4.78 is 78.6. The second kappa shape index (κ2) is 7.65. The lowest BCUT2D eigenvalue weighted by atomic mass is 9.83. The quantitative estimate of drug-likeness (QED) is 0.364. The van der Waals surface area contributed by atoms with Gasteiger partial charge in [0.25, 0.3) is 0 Å². The van der Waals surface area contributed by atoms with Gasteiger partial charge < -0.3 is 25.6 Å². The lowest BCUT2D eigenvalue weighted by molar-refractivity contribution is -0.186. The predicted molar refractivity (Wildman–Crippen MR) is 68.2 cm³/mol. The lowest BCUT2D eigenvalue weighted by Gasteiger charge is -2.42. The molecule has 150 valence electrons. The Kier molecular flexibility index (Phi) is 6.46. The van der Waals surface area contributed by atoms with E-state index in [0.717, 1.165) is 6.92 Å². The Morgan fingerprint density at radius 1 is 0.885 bits per heavy atom. The van der Waals surface area contributed by atoms with Gasteiger partial charge in [0.05, 0.1) is 12.1 Å². The van der Waals surface area contributed by atoms with Crippen molar-refractivity contribution in [3.05, 3.63) is 0 Å². The molecule has 8 nitrogen and oxygen atoms in total. The third kappa shape index (κ3) is 5.45. The van der Waals surface area contributed by atoms with E-state index in [1.165, 1.54) is 10.6 Å². The molecule has 0 unspecified atom stereocenters. The Balaban J connectivity index is 3.05. The Morgan fingerprint density at radius 3 is 1.69 bits per heavy atom. The van der Waals surface area contributed by atoms with Crippen LogP contribution in [-0.2, 0) is 19.1 Å². The Bertz CT molecular complexity index is 565. The van der Waals surface area contributed by atoms with Crippen LogP contribution in [0, 0.1) is 0 Å². The molecule has 1 aliphatic carbocycles. The van der Waals surface area contributed by atoms with Crippen molar-refractivity contribution in [2.45, 2.75) is 56.1 Å². The highest BCUT2D eigenvalue weighted by atomic mass is 19.4. The first-order valence-electron chi connectivity index (χ1n) is 6.93. The summed E-state index contributed by atoms with van der Waals surface area (Å²) in [6.45, 7) is 0.819. The van der Waals surface area contributed by atoms with Crippen molar-refractivity contribution in [3.63, 3.8) is 0 Å². The molecule has 2 amide bonds. The van der Waals surface area contributed by atoms with Gasteiger partial charge in [-0.3, -0.25) is 14.4 Å². The molecule has 4 N–H and O–H groups in total. The minimum Gasteiger partial charge on any atom is -0.457 e. The summed E-state index contributed by atoms with van der Waals surface area (Å²) in [4.78, 5) is 33.0. The van der Waals surface area contributed by atoms with Crippen molar-refractivity contribution in [2.75, 3.05) is 0 Å². The molecule has 14 heteroatoms. The zero-order valence-electron chi connectivity index (χ0n) is 12.9. The minimum atomic E-state index is -5.37. The summed E-state index contributed by atoms with van der Waals surface area (Å²) in [6.07, 6.45) is -17.8. The third-order valence-corrected chi connectivity index (χ3v) is 3.45. The van der Waals surface area contributed by atoms with Crippen LogP contribution >= 0.6 is 0 Å². The molecule has 26 heavy (non-hydrogen) atoms. The number of amides is 2. The fourth-order valence-electron chi connectivity index (χ4n) is 2.35. The summed E-state index contributed by atoms with van der Waals surface area (Å²) >= 11 is 0. The first-order valence-corrected chi connectivity index (χ1v) is 6.93. The molecule has 0 bridgehead atoms. The van der Waals surface area contributed by atoms with E-state index in [-0.39, 0.29) is 0 Å². The Labute approximate surface area is 141 Å². The Morgan fingerprint density at radius 2 is 1.31 bits per heavy atom. The number of aliphatic hydroxyl groups excluding tert-OH is 2. The first kappa shape index (κ1) is 22.0. The monoisotopic (exact) mass is 396 g/mol. The fourth-order valence-corrected chi connectivity index (χ4v) is 2.35. The molecule has 0 aromatic heterocycles. The molecule has 0 aromatic rings. The van der Waals surface area contributed by atoms with Crippen LogP contribution in [0.25, 0.3) is 0 Å². The Hall–Kier alpha value is -2.09. The second-order valence-electron chi connectivity index (χ2n) is 5.45. The van der Waals surface area contributed by atoms with Gasteiger partial charge in [0.15, 0.2) is 6.10 Å². The zero-order valence-corrected chi connectivity index (χ0v) is 12.9. The van der Waals surface area contributed by atoms with Crippen molar-refractivity contribution in [3.8, 4) is 0 Å². The second-order valence-corrected chi connectivity index (χ2v) is 5.45. The van der Waals surface area contributed by atoms with Crippen LogP contribution in [0.15, 0.2) is 0 Å². The van der Waals surface area contributed by atoms with Crippen molar-refractivity contribution in [1.29, 1.82) is 0 Å². The number of carbonyl (C=O) groups is 3. The van der Waals surface area contributed by atoms with Gasteiger partial charge in [0.1, 0.15) is 12.2 Å². The standard InChI is InChI=1S/C12H14F6N2O6/c1-3(21)26-8-5(20-10(25)12(16,17)18)2-4(6(22)7(8)23)19-9(24)11(13,14)15/h4-8,22-23H,2H2,1H3,(H,19,24)(H,20,25)/t4-,5+,6+,7-,8-/m0/s1. The number of alkyl halides is 6. The molecule has 1 saturated carbocycles. The maximum atomic E-state index is 12.4. The van der Waals surface area contributed by atoms with E-state index in [1.54, 1.807) is 0 Å². The summed E-state index contributed by atoms with van der Waals surface area (Å²) in [7, 11) is 0. The molecule has 1 rings (SSSR count). The number of aliphatic hydroxyl groups is 2. The van der Waals surface area contributed by atoms with Crippen LogP contribution in [0.5, 0.6) is 0 Å². The van der Waals surface area contributed by atoms with Crippen molar-refractivity contribution in [1.82, 2.24) is 10.6 Å². The number of hydrogen-bond acceptors (Lipinski definition) is 6. The largest absolute Gasteiger partial charge is 0.471 e. The molecule has 5 atom stereocenters. The topological polar surface area (TPSA) is 125 Å². The normalized spacial score (nSPS) is 29.7. The van der Waals surface area contributed by atoms with Gasteiger partial charge in [-0.1, -0.05) is 0 Å². The van der Waals surface area contributed by atoms with Crippen molar-refractivity contribution in [2.24, 2.45) is 0 Å². The highest BCUT2D eigenvalue weighted by molar-refractivity contribution is 5.83. The number of ether oxygens (including phenoxy) is 1. The highest BCUT2D eigenvalue weighted by Gasteiger charge is 2.51. The molecule has 1 aliphatic rings. The van der Waals surface area contributed by atoms with Crippen LogP contribution in [0.4, 0.5) is 26.3 Å². The van der Waals surface area contributed by atoms with Crippen LogP contribution < -0.4 is 10.6 Å². The van der Waals surface area contributed by atoms with E-state index in [2.05, 4.69) is 4.74 Å². The molecule has 0 radical (unpaired) electrons. The number of carbonyl (C=O) groups excluding carboxylic acids is 3. The van der Waals surface area contributed by atoms with Gasteiger partial charge in [-0.25, -0.2) is 0 Å². The zero-order chi connectivity index (χ0) is 20.4. The third-order valence-electron chi connectivity index (χ3n) is 3.45. The van der Waals surface area contributed by atoms with E-state index in [1.807, 2.05) is 0 Å². The SMILES string of the molecule is CC(=O)O[C@@H]1[C@@H](O)[C@H](O)[C@@H](NC(=O)C(F)(F)F)C[C@H]1NC(=O)C(F)(F)F. The van der Waals surface area contributed by atoms with Crippen LogP contribution in [0.2, 0.25) is 0 Å². The summed E-state index contributed by atoms with van der Waals surface area (Å²) in [6, 6.07) is -3.70. The van der Waals surface area contributed by atoms with E-state index >= 15 is 0 Å². The van der Waals surface area contributed by atoms with Gasteiger partial charge in [-0.15, -0.1) is 0 Å². The maximum absolute atomic E-state index is 12.4. The number of hydrogen-bond donors (Lipinski definition) is 4. The fraction of sp³-hybridized carbons (Fsp3) is 0.750. The molecule has 0 heterocycles. The van der Waals surface area contributed by atoms with Gasteiger partial charge in [0, 0.05) is 6.92 Å². The molecule has 0 spiro atoms. The maximum Gasteiger partial charge on any atom is 0.471 e. The summed E-state index contributed by atoms with van der Waals surface area (Å²) in [5.74, 6) is -6.12. The van der Waals surface area contributed by atoms with E-state index < -0.39 is 67.0 Å². The first-order chi connectivity index (χ1) is 11.6. The highest BCUT2D eigenvalue weighted by Crippen LogP contribution is 2.26. The van der Waals surface area contributed by atoms with Crippen molar-refractivity contribution < 1.29 is 55.7 Å². The molecular weight excluding hydrogens is 382 g/mol. The lowest BCUT2D eigenvalue weighted by Crippen LogP contribution is -2.66. The van der Waals surface area contributed by atoms with Gasteiger partial charge in [-0.05, 0) is 6.42 Å². The summed E-state index contributed by atoms with van der Waals surface area (Å²) in [5, 5.41) is 22.3. The summed E-state index contributed by atoms with van der Waals surface area (Å²) in [5.41, 5.74) is 0. The van der Waals surface area contributed by atoms with Crippen LogP contribution in [-0.4, -0.2) is 70.7 Å². The van der Waals surface area contributed by atoms with Gasteiger partial charge >= 0.3 is 30.1 Å². The van der Waals surface area contributed by atoms with Gasteiger partial charge in [0.2, 0.25) is 0 Å². The molecule has 0 saturated heterocycles. The van der Waals surface area contributed by atoms with E-state index in [4.69, 9.17) is 0 Å². The van der Waals surface area contributed by atoms with Crippen molar-refractivity contribution >= 4 is 17.8 Å².